The average molecular weight is 274 g/mol. The van der Waals surface area contributed by atoms with E-state index < -0.39 is 11.9 Å². The summed E-state index contributed by atoms with van der Waals surface area (Å²) in [5.74, 6) is -0.680. The Morgan fingerprint density at radius 3 is 2.65 bits per heavy atom. The van der Waals surface area contributed by atoms with Gasteiger partial charge >= 0.3 is 5.97 Å². The van der Waals surface area contributed by atoms with Crippen LogP contribution in [0, 0.1) is 23.2 Å². The topological polar surface area (TPSA) is 64.3 Å². The van der Waals surface area contributed by atoms with E-state index in [2.05, 4.69) is 24.8 Å². The molecule has 20 heavy (non-hydrogen) atoms. The average Bonchev–Trinajstić information content (AvgIpc) is 2.42. The third kappa shape index (κ3) is 4.93. The van der Waals surface area contributed by atoms with Gasteiger partial charge in [0.15, 0.2) is 0 Å². The Kier molecular flexibility index (Phi) is 6.05. The number of carboxylic acids is 1. The SMILES string of the molecule is CC(C)CCN(CC(C)C(=O)O)c1cccc(C#N)c1. The summed E-state index contributed by atoms with van der Waals surface area (Å²) in [5.41, 5.74) is 1.51. The number of carboxylic acid groups (broad SMARTS) is 1. The molecule has 0 aliphatic heterocycles. The fourth-order valence-electron chi connectivity index (χ4n) is 1.92. The first-order valence-electron chi connectivity index (χ1n) is 6.92. The Morgan fingerprint density at radius 1 is 1.40 bits per heavy atom. The van der Waals surface area contributed by atoms with E-state index in [1.807, 2.05) is 18.2 Å². The van der Waals surface area contributed by atoms with E-state index in [0.29, 0.717) is 18.0 Å². The highest BCUT2D eigenvalue weighted by molar-refractivity contribution is 5.70. The Morgan fingerprint density at radius 2 is 2.10 bits per heavy atom. The van der Waals surface area contributed by atoms with Crippen molar-refractivity contribution in [2.24, 2.45) is 11.8 Å². The van der Waals surface area contributed by atoms with Crippen LogP contribution in [0.5, 0.6) is 0 Å². The molecule has 4 heteroatoms. The molecule has 0 saturated heterocycles. The zero-order valence-corrected chi connectivity index (χ0v) is 12.3. The highest BCUT2D eigenvalue weighted by Gasteiger charge is 2.17. The number of hydrogen-bond donors (Lipinski definition) is 1. The maximum absolute atomic E-state index is 11.0. The monoisotopic (exact) mass is 274 g/mol. The summed E-state index contributed by atoms with van der Waals surface area (Å²) in [4.78, 5) is 13.1. The minimum Gasteiger partial charge on any atom is -0.481 e. The number of nitriles is 1. The lowest BCUT2D eigenvalue weighted by atomic mass is 10.1. The maximum atomic E-state index is 11.0. The molecule has 1 atom stereocenters. The molecule has 108 valence electrons. The lowest BCUT2D eigenvalue weighted by molar-refractivity contribution is -0.140. The van der Waals surface area contributed by atoms with Gasteiger partial charge in [-0.3, -0.25) is 4.79 Å². The van der Waals surface area contributed by atoms with Crippen molar-refractivity contribution in [2.45, 2.75) is 27.2 Å². The van der Waals surface area contributed by atoms with Crippen molar-refractivity contribution < 1.29 is 9.90 Å². The number of benzene rings is 1. The quantitative estimate of drug-likeness (QED) is 0.829. The van der Waals surface area contributed by atoms with Gasteiger partial charge in [-0.2, -0.15) is 5.26 Å². The van der Waals surface area contributed by atoms with Crippen molar-refractivity contribution in [3.63, 3.8) is 0 Å². The van der Waals surface area contributed by atoms with Crippen LogP contribution >= 0.6 is 0 Å². The fourth-order valence-corrected chi connectivity index (χ4v) is 1.92. The maximum Gasteiger partial charge on any atom is 0.308 e. The van der Waals surface area contributed by atoms with Crippen molar-refractivity contribution in [3.8, 4) is 6.07 Å². The number of nitrogens with zero attached hydrogens (tertiary/aromatic N) is 2. The van der Waals surface area contributed by atoms with Gasteiger partial charge in [-0.05, 0) is 30.5 Å². The van der Waals surface area contributed by atoms with Crippen molar-refractivity contribution in [1.82, 2.24) is 0 Å². The van der Waals surface area contributed by atoms with Gasteiger partial charge in [0.05, 0.1) is 17.6 Å². The first-order chi connectivity index (χ1) is 9.43. The third-order valence-corrected chi connectivity index (χ3v) is 3.23. The van der Waals surface area contributed by atoms with Crippen LogP contribution in [0.4, 0.5) is 5.69 Å². The Balaban J connectivity index is 2.90. The zero-order chi connectivity index (χ0) is 15.1. The second-order valence-corrected chi connectivity index (χ2v) is 5.53. The molecular formula is C16H22N2O2. The molecule has 0 amide bonds. The third-order valence-electron chi connectivity index (χ3n) is 3.23. The predicted molar refractivity (Wildman–Crippen MR) is 79.6 cm³/mol. The molecule has 1 aromatic carbocycles. The van der Waals surface area contributed by atoms with Crippen LogP contribution in [0.25, 0.3) is 0 Å². The van der Waals surface area contributed by atoms with Crippen molar-refractivity contribution in [1.29, 1.82) is 5.26 Å². The van der Waals surface area contributed by atoms with Crippen molar-refractivity contribution in [3.05, 3.63) is 29.8 Å². The molecule has 0 saturated carbocycles. The fraction of sp³-hybridized carbons (Fsp3) is 0.500. The number of carbonyl (C=O) groups is 1. The summed E-state index contributed by atoms with van der Waals surface area (Å²) < 4.78 is 0. The highest BCUT2D eigenvalue weighted by Crippen LogP contribution is 2.19. The number of hydrogen-bond acceptors (Lipinski definition) is 3. The minimum atomic E-state index is -0.795. The largest absolute Gasteiger partial charge is 0.481 e. The molecule has 0 fully saturated rings. The van der Waals surface area contributed by atoms with Crippen molar-refractivity contribution >= 4 is 11.7 Å². The first kappa shape index (κ1) is 16.0. The van der Waals surface area contributed by atoms with Gasteiger partial charge in [-0.15, -0.1) is 0 Å². The second-order valence-electron chi connectivity index (χ2n) is 5.53. The number of anilines is 1. The summed E-state index contributed by atoms with van der Waals surface area (Å²) >= 11 is 0. The molecule has 0 spiro atoms. The molecule has 1 rings (SSSR count). The van der Waals surface area contributed by atoms with Gasteiger partial charge in [0.25, 0.3) is 0 Å². The van der Waals surface area contributed by atoms with Crippen LogP contribution in [0.3, 0.4) is 0 Å². The smallest absolute Gasteiger partial charge is 0.308 e. The summed E-state index contributed by atoms with van der Waals surface area (Å²) in [6.45, 7) is 7.25. The van der Waals surface area contributed by atoms with E-state index in [0.717, 1.165) is 18.7 Å². The first-order valence-corrected chi connectivity index (χ1v) is 6.92. The van der Waals surface area contributed by atoms with E-state index in [-0.39, 0.29) is 0 Å². The Labute approximate surface area is 120 Å². The van der Waals surface area contributed by atoms with Crippen LogP contribution in [0.15, 0.2) is 24.3 Å². The van der Waals surface area contributed by atoms with E-state index >= 15 is 0 Å². The second kappa shape index (κ2) is 7.54. The van der Waals surface area contributed by atoms with E-state index in [9.17, 15) is 4.79 Å². The standard InChI is InChI=1S/C16H22N2O2/c1-12(2)7-8-18(11-13(3)16(19)20)15-6-4-5-14(9-15)10-17/h4-6,9,12-13H,7-8,11H2,1-3H3,(H,19,20). The Hall–Kier alpha value is -2.02. The molecule has 0 heterocycles. The van der Waals surface area contributed by atoms with Gasteiger partial charge in [0.1, 0.15) is 0 Å². The molecule has 1 unspecified atom stereocenters. The van der Waals surface area contributed by atoms with Gasteiger partial charge in [-0.25, -0.2) is 0 Å². The number of aliphatic carboxylic acids is 1. The van der Waals surface area contributed by atoms with Crippen LogP contribution in [-0.4, -0.2) is 24.2 Å². The van der Waals surface area contributed by atoms with Gasteiger partial charge < -0.3 is 10.0 Å². The molecule has 0 aliphatic carbocycles. The molecule has 0 radical (unpaired) electrons. The normalized spacial score (nSPS) is 11.9. The van der Waals surface area contributed by atoms with E-state index in [1.165, 1.54) is 0 Å². The molecular weight excluding hydrogens is 252 g/mol. The predicted octanol–water partition coefficient (Wildman–Crippen LogP) is 3.13. The molecule has 0 aromatic heterocycles. The van der Waals surface area contributed by atoms with Crippen LogP contribution in [-0.2, 0) is 4.79 Å². The summed E-state index contributed by atoms with van der Waals surface area (Å²) in [6.07, 6.45) is 0.989. The molecule has 4 nitrogen and oxygen atoms in total. The summed E-state index contributed by atoms with van der Waals surface area (Å²) in [7, 11) is 0. The van der Waals surface area contributed by atoms with E-state index in [1.54, 1.807) is 13.0 Å². The molecule has 0 bridgehead atoms. The Bertz CT molecular complexity index is 491. The molecule has 1 N–H and O–H groups in total. The van der Waals surface area contributed by atoms with Gasteiger partial charge in [-0.1, -0.05) is 26.8 Å². The highest BCUT2D eigenvalue weighted by atomic mass is 16.4. The van der Waals surface area contributed by atoms with E-state index in [4.69, 9.17) is 10.4 Å². The minimum absolute atomic E-state index is 0.437. The summed E-state index contributed by atoms with van der Waals surface area (Å²) in [6, 6.07) is 9.45. The molecule has 0 aliphatic rings. The van der Waals surface area contributed by atoms with Crippen molar-refractivity contribution in [2.75, 3.05) is 18.0 Å². The lowest BCUT2D eigenvalue weighted by Gasteiger charge is -2.27. The van der Waals surface area contributed by atoms with Gasteiger partial charge in [0, 0.05) is 18.8 Å². The zero-order valence-electron chi connectivity index (χ0n) is 12.3. The summed E-state index contributed by atoms with van der Waals surface area (Å²) in [5, 5.41) is 18.0. The van der Waals surface area contributed by atoms with Crippen LogP contribution in [0.2, 0.25) is 0 Å². The number of rotatable bonds is 7. The van der Waals surface area contributed by atoms with Gasteiger partial charge in [0.2, 0.25) is 0 Å². The molecule has 1 aromatic rings. The van der Waals surface area contributed by atoms with Crippen LogP contribution in [0.1, 0.15) is 32.8 Å². The van der Waals surface area contributed by atoms with Crippen LogP contribution < -0.4 is 4.90 Å². The lowest BCUT2D eigenvalue weighted by Crippen LogP contribution is -2.33.